The van der Waals surface area contributed by atoms with E-state index in [0.29, 0.717) is 22.2 Å². The van der Waals surface area contributed by atoms with Crippen molar-refractivity contribution < 1.29 is 19.1 Å². The molecule has 2 atom stereocenters. The average molecular weight is 497 g/mol. The van der Waals surface area contributed by atoms with Crippen LogP contribution in [0.1, 0.15) is 55.7 Å². The van der Waals surface area contributed by atoms with Gasteiger partial charge in [-0.05, 0) is 66.4 Å². The molecule has 0 radical (unpaired) electrons. The lowest BCUT2D eigenvalue weighted by molar-refractivity contribution is -0.705. The number of aromatic nitrogens is 2. The number of nitriles is 1. The Hall–Kier alpha value is -2.83. The summed E-state index contributed by atoms with van der Waals surface area (Å²) in [5.74, 6) is -0.323. The minimum absolute atomic E-state index is 0.199. The molecule has 178 valence electrons. The number of anilines is 1. The lowest BCUT2D eigenvalue weighted by Crippen LogP contribution is -2.36. The number of nitrogens with zero attached hydrogens (tertiary/aromatic N) is 3. The summed E-state index contributed by atoms with van der Waals surface area (Å²) in [5.41, 5.74) is 3.60. The maximum absolute atomic E-state index is 13.1. The number of nitrogens with one attached hydrogen (secondary N) is 1. The van der Waals surface area contributed by atoms with Gasteiger partial charge in [-0.25, -0.2) is 0 Å². The van der Waals surface area contributed by atoms with Crippen molar-refractivity contribution in [2.75, 3.05) is 5.32 Å². The van der Waals surface area contributed by atoms with Crippen LogP contribution in [0, 0.1) is 29.6 Å². The van der Waals surface area contributed by atoms with Crippen molar-refractivity contribution in [3.8, 4) is 17.7 Å². The Labute approximate surface area is 207 Å². The molecule has 0 saturated carbocycles. The third-order valence-electron chi connectivity index (χ3n) is 6.35. The molecule has 2 unspecified atom stereocenters. The van der Waals surface area contributed by atoms with E-state index in [4.69, 9.17) is 4.52 Å². The zero-order valence-electron chi connectivity index (χ0n) is 20.0. The number of amides is 1. The number of carbonyl (C=O) groups excluding carboxylic acids is 1. The maximum atomic E-state index is 13.1. The van der Waals surface area contributed by atoms with Gasteiger partial charge in [0.05, 0.1) is 16.1 Å². The van der Waals surface area contributed by atoms with E-state index in [0.717, 1.165) is 42.2 Å². The summed E-state index contributed by atoms with van der Waals surface area (Å²) in [7, 11) is 0. The molecular weight excluding hydrogens is 468 g/mol. The number of aryl methyl sites for hydroxylation is 1. The van der Waals surface area contributed by atoms with Gasteiger partial charge in [-0.1, -0.05) is 38.5 Å². The topological polar surface area (TPSA) is 106 Å². The van der Waals surface area contributed by atoms with Crippen LogP contribution in [-0.4, -0.2) is 16.4 Å². The molecule has 1 aliphatic rings. The zero-order chi connectivity index (χ0) is 24.6. The summed E-state index contributed by atoms with van der Waals surface area (Å²) >= 11 is 2.59. The van der Waals surface area contributed by atoms with E-state index in [1.807, 2.05) is 31.2 Å². The summed E-state index contributed by atoms with van der Waals surface area (Å²) in [6.45, 7) is 10.4. The minimum Gasteiger partial charge on any atom is -0.538 e. The van der Waals surface area contributed by atoms with Crippen LogP contribution >= 0.6 is 23.1 Å². The van der Waals surface area contributed by atoms with Gasteiger partial charge in [-0.2, -0.15) is 5.26 Å². The van der Waals surface area contributed by atoms with Gasteiger partial charge in [0.25, 0.3) is 5.03 Å². The van der Waals surface area contributed by atoms with Gasteiger partial charge in [0.2, 0.25) is 11.6 Å². The summed E-state index contributed by atoms with van der Waals surface area (Å²) in [4.78, 5) is 14.2. The summed E-state index contributed by atoms with van der Waals surface area (Å²) in [6, 6.07) is 9.81. The van der Waals surface area contributed by atoms with Crippen LogP contribution in [0.15, 0.2) is 33.8 Å². The van der Waals surface area contributed by atoms with Crippen molar-refractivity contribution in [2.45, 2.75) is 64.2 Å². The smallest absolute Gasteiger partial charge is 0.298 e. The van der Waals surface area contributed by atoms with Gasteiger partial charge in [0.15, 0.2) is 5.95 Å². The fourth-order valence-corrected chi connectivity index (χ4v) is 6.31. The molecule has 9 heteroatoms. The molecule has 0 bridgehead atoms. The SMILES string of the molecule is Cc1ccc(-[n+]2noc([O-])c2SC(C)C(=O)Nc2sc3c(c2C#N)CCC(C(C)(C)C)C3)cc1. The van der Waals surface area contributed by atoms with E-state index in [9.17, 15) is 15.2 Å². The van der Waals surface area contributed by atoms with Gasteiger partial charge in [-0.3, -0.25) is 4.79 Å². The number of benzene rings is 1. The van der Waals surface area contributed by atoms with Crippen molar-refractivity contribution >= 4 is 34.0 Å². The number of fused-ring (bicyclic) bond motifs is 1. The fourth-order valence-electron chi connectivity index (χ4n) is 4.15. The van der Waals surface area contributed by atoms with E-state index < -0.39 is 11.2 Å². The molecule has 34 heavy (non-hydrogen) atoms. The lowest BCUT2D eigenvalue weighted by atomic mass is 9.72. The van der Waals surface area contributed by atoms with Gasteiger partial charge in [0, 0.05) is 17.0 Å². The van der Waals surface area contributed by atoms with Gasteiger partial charge < -0.3 is 14.9 Å². The van der Waals surface area contributed by atoms with E-state index in [1.54, 1.807) is 6.92 Å². The number of hydrogen-bond acceptors (Lipinski definition) is 7. The van der Waals surface area contributed by atoms with Crippen molar-refractivity contribution in [3.63, 3.8) is 0 Å². The second-order valence-electron chi connectivity index (χ2n) is 9.79. The number of thioether (sulfide) groups is 1. The van der Waals surface area contributed by atoms with E-state index in [2.05, 4.69) is 37.4 Å². The first-order valence-corrected chi connectivity index (χ1v) is 13.0. The standard InChI is InChI=1S/C25H28N4O3S2/c1-14-6-9-17(10-7-14)29-23(24(31)32-28-29)33-15(2)21(30)27-22-19(13-26)18-11-8-16(25(3,4)5)12-20(18)34-22/h6-7,9-10,15-16H,8,11-12H2,1-5H3,(H-,27,28,30,31). The molecule has 0 fully saturated rings. The number of rotatable bonds is 5. The molecule has 2 aromatic heterocycles. The van der Waals surface area contributed by atoms with E-state index in [-0.39, 0.29) is 16.3 Å². The number of carbonyl (C=O) groups is 1. The average Bonchev–Trinajstić information content (AvgIpc) is 3.32. The lowest BCUT2D eigenvalue weighted by Gasteiger charge is -2.33. The van der Waals surface area contributed by atoms with Crippen LogP contribution in [0.3, 0.4) is 0 Å². The molecule has 7 nitrogen and oxygen atoms in total. The largest absolute Gasteiger partial charge is 0.538 e. The van der Waals surface area contributed by atoms with Crippen LogP contribution in [0.5, 0.6) is 5.95 Å². The third kappa shape index (κ3) is 4.84. The zero-order valence-corrected chi connectivity index (χ0v) is 21.6. The van der Waals surface area contributed by atoms with E-state index >= 15 is 0 Å². The molecule has 0 spiro atoms. The number of hydrogen-bond donors (Lipinski definition) is 1. The Morgan fingerprint density at radius 1 is 1.38 bits per heavy atom. The monoisotopic (exact) mass is 496 g/mol. The van der Waals surface area contributed by atoms with Crippen LogP contribution in [0.2, 0.25) is 0 Å². The van der Waals surface area contributed by atoms with Crippen LogP contribution in [-0.2, 0) is 17.6 Å². The second kappa shape index (κ2) is 9.43. The van der Waals surface area contributed by atoms with Crippen molar-refractivity contribution in [1.82, 2.24) is 5.27 Å². The van der Waals surface area contributed by atoms with Crippen molar-refractivity contribution in [2.24, 2.45) is 11.3 Å². The normalized spacial score (nSPS) is 16.5. The predicted molar refractivity (Wildman–Crippen MR) is 130 cm³/mol. The van der Waals surface area contributed by atoms with Gasteiger partial charge in [0.1, 0.15) is 11.1 Å². The highest BCUT2D eigenvalue weighted by Gasteiger charge is 2.33. The first kappa shape index (κ1) is 24.3. The van der Waals surface area contributed by atoms with Gasteiger partial charge >= 0.3 is 0 Å². The van der Waals surface area contributed by atoms with Crippen LogP contribution in [0.25, 0.3) is 5.69 Å². The third-order valence-corrected chi connectivity index (χ3v) is 8.65. The van der Waals surface area contributed by atoms with Crippen molar-refractivity contribution in [3.05, 3.63) is 45.8 Å². The highest BCUT2D eigenvalue weighted by molar-refractivity contribution is 8.00. The molecule has 1 aliphatic carbocycles. The Morgan fingerprint density at radius 2 is 2.09 bits per heavy atom. The number of thiophene rings is 1. The highest BCUT2D eigenvalue weighted by Crippen LogP contribution is 2.44. The Balaban J connectivity index is 1.52. The Kier molecular flexibility index (Phi) is 6.74. The maximum Gasteiger partial charge on any atom is 0.298 e. The first-order valence-electron chi connectivity index (χ1n) is 11.3. The Morgan fingerprint density at radius 3 is 2.74 bits per heavy atom. The Bertz CT molecular complexity index is 1250. The molecule has 2 heterocycles. The van der Waals surface area contributed by atoms with Crippen LogP contribution in [0.4, 0.5) is 5.00 Å². The minimum atomic E-state index is -0.600. The van der Waals surface area contributed by atoms with Crippen LogP contribution < -0.4 is 15.1 Å². The molecule has 0 aliphatic heterocycles. The van der Waals surface area contributed by atoms with E-state index in [1.165, 1.54) is 20.9 Å². The van der Waals surface area contributed by atoms with Crippen molar-refractivity contribution in [1.29, 1.82) is 5.26 Å². The summed E-state index contributed by atoms with van der Waals surface area (Å²) in [6.07, 6.45) is 2.82. The first-order chi connectivity index (χ1) is 16.1. The molecule has 0 saturated heterocycles. The fraction of sp³-hybridized carbons (Fsp3) is 0.440. The highest BCUT2D eigenvalue weighted by atomic mass is 32.2. The molecular formula is C25H28N4O3S2. The van der Waals surface area contributed by atoms with Gasteiger partial charge in [-0.15, -0.1) is 11.3 Å². The summed E-state index contributed by atoms with van der Waals surface area (Å²) in [5, 5.41) is 29.1. The molecule has 4 rings (SSSR count). The molecule has 1 amide bonds. The second-order valence-corrected chi connectivity index (χ2v) is 12.2. The predicted octanol–water partition coefficient (Wildman–Crippen LogP) is 4.54. The summed E-state index contributed by atoms with van der Waals surface area (Å²) < 4.78 is 6.28. The quantitative estimate of drug-likeness (QED) is 0.411. The molecule has 1 N–H and O–H groups in total. The molecule has 3 aromatic rings. The molecule has 1 aromatic carbocycles.